The van der Waals surface area contributed by atoms with Gasteiger partial charge in [0.15, 0.2) is 11.4 Å². The highest BCUT2D eigenvalue weighted by molar-refractivity contribution is 6.00. The number of piperidine rings is 1. The zero-order valence-corrected chi connectivity index (χ0v) is 22.3. The summed E-state index contributed by atoms with van der Waals surface area (Å²) in [6, 6.07) is 13.9. The number of nitrogens with zero attached hydrogens (tertiary/aromatic N) is 5. The normalized spacial score (nSPS) is 20.9. The lowest BCUT2D eigenvalue weighted by atomic mass is 9.84. The average Bonchev–Trinajstić information content (AvgIpc) is 3.45. The van der Waals surface area contributed by atoms with Gasteiger partial charge in [-0.25, -0.2) is 4.98 Å². The van der Waals surface area contributed by atoms with Gasteiger partial charge in [0.1, 0.15) is 11.4 Å². The van der Waals surface area contributed by atoms with Crippen LogP contribution in [-0.2, 0) is 4.79 Å². The topological polar surface area (TPSA) is 127 Å². The van der Waals surface area contributed by atoms with Crippen LogP contribution in [0.4, 0.5) is 5.82 Å². The number of nitrogen functional groups attached to an aromatic ring is 1. The van der Waals surface area contributed by atoms with E-state index in [2.05, 4.69) is 10.1 Å². The molecular weight excluding hydrogens is 492 g/mol. The maximum absolute atomic E-state index is 13.0. The van der Waals surface area contributed by atoms with Gasteiger partial charge < -0.3 is 15.7 Å². The molecule has 200 valence electrons. The van der Waals surface area contributed by atoms with Crippen LogP contribution in [0.25, 0.3) is 28.0 Å². The first-order valence-corrected chi connectivity index (χ1v) is 13.4. The summed E-state index contributed by atoms with van der Waals surface area (Å²) in [6.07, 6.45) is 6.58. The SMILES string of the molecule is CC(=O)c1c(C2C[C@H]3CC[C@@H](C2)N3C(=O)C(C)(C)O)nc2c(-c3ccc(-c4ccccc4)nc3)cnn2c1N. The van der Waals surface area contributed by atoms with Crippen LogP contribution in [0.2, 0.25) is 0 Å². The molecule has 0 aliphatic carbocycles. The zero-order chi connectivity index (χ0) is 27.5. The van der Waals surface area contributed by atoms with Gasteiger partial charge in [-0.1, -0.05) is 36.4 Å². The van der Waals surface area contributed by atoms with Crippen molar-refractivity contribution in [2.45, 2.75) is 70.1 Å². The van der Waals surface area contributed by atoms with Crippen molar-refractivity contribution < 1.29 is 14.7 Å². The fourth-order valence-corrected chi connectivity index (χ4v) is 6.27. The molecule has 1 amide bonds. The second kappa shape index (κ2) is 9.27. The summed E-state index contributed by atoms with van der Waals surface area (Å²) in [7, 11) is 0. The molecule has 3 aromatic heterocycles. The number of aromatic nitrogens is 4. The van der Waals surface area contributed by atoms with Gasteiger partial charge in [-0.2, -0.15) is 9.61 Å². The molecule has 3 N–H and O–H groups in total. The van der Waals surface area contributed by atoms with Crippen molar-refractivity contribution in [3.05, 3.63) is 66.1 Å². The molecular formula is C30H32N6O3. The number of aliphatic hydroxyl groups is 1. The molecule has 2 aliphatic heterocycles. The number of carbonyl (C=O) groups is 2. The summed E-state index contributed by atoms with van der Waals surface area (Å²) in [5, 5.41) is 14.9. The van der Waals surface area contributed by atoms with Crippen molar-refractivity contribution in [1.82, 2.24) is 24.5 Å². The van der Waals surface area contributed by atoms with Crippen molar-refractivity contribution in [1.29, 1.82) is 0 Å². The number of benzene rings is 1. The van der Waals surface area contributed by atoms with Crippen LogP contribution in [0.5, 0.6) is 0 Å². The molecule has 5 heterocycles. The number of hydrogen-bond donors (Lipinski definition) is 2. The zero-order valence-electron chi connectivity index (χ0n) is 22.3. The smallest absolute Gasteiger partial charge is 0.254 e. The van der Waals surface area contributed by atoms with Gasteiger partial charge in [-0.15, -0.1) is 0 Å². The molecule has 2 aliphatic rings. The fraction of sp³-hybridized carbons (Fsp3) is 0.367. The summed E-state index contributed by atoms with van der Waals surface area (Å²) in [5.74, 6) is -0.177. The minimum Gasteiger partial charge on any atom is -0.383 e. The van der Waals surface area contributed by atoms with Crippen molar-refractivity contribution in [3.8, 4) is 22.4 Å². The summed E-state index contributed by atoms with van der Waals surface area (Å²) < 4.78 is 1.53. The molecule has 4 aromatic rings. The maximum Gasteiger partial charge on any atom is 0.254 e. The van der Waals surface area contributed by atoms with E-state index in [0.717, 1.165) is 35.2 Å². The van der Waals surface area contributed by atoms with Crippen molar-refractivity contribution in [2.75, 3.05) is 5.73 Å². The molecule has 9 nitrogen and oxygen atoms in total. The predicted molar refractivity (Wildman–Crippen MR) is 148 cm³/mol. The third-order valence-corrected chi connectivity index (χ3v) is 8.08. The number of nitrogens with two attached hydrogens (primary N) is 1. The van der Waals surface area contributed by atoms with Crippen LogP contribution in [0.15, 0.2) is 54.9 Å². The van der Waals surface area contributed by atoms with Gasteiger partial charge in [0.2, 0.25) is 0 Å². The highest BCUT2D eigenvalue weighted by Gasteiger charge is 2.47. The number of rotatable bonds is 5. The summed E-state index contributed by atoms with van der Waals surface area (Å²) in [5.41, 5.74) is 10.3. The molecule has 9 heteroatoms. The van der Waals surface area contributed by atoms with Gasteiger partial charge in [0.05, 0.1) is 23.1 Å². The average molecular weight is 525 g/mol. The largest absolute Gasteiger partial charge is 0.383 e. The Hall–Kier alpha value is -4.11. The second-order valence-electron chi connectivity index (χ2n) is 11.2. The number of pyridine rings is 1. The minimum absolute atomic E-state index is 0.00848. The lowest BCUT2D eigenvalue weighted by molar-refractivity contribution is -0.152. The number of hydrogen-bond acceptors (Lipinski definition) is 7. The van der Waals surface area contributed by atoms with Crippen molar-refractivity contribution in [3.63, 3.8) is 0 Å². The Bertz CT molecular complexity index is 1560. The third kappa shape index (κ3) is 4.27. The van der Waals surface area contributed by atoms with Crippen LogP contribution in [-0.4, -0.2) is 59.0 Å². The molecule has 0 spiro atoms. The lowest BCUT2D eigenvalue weighted by Crippen LogP contribution is -2.53. The monoisotopic (exact) mass is 524 g/mol. The van der Waals surface area contributed by atoms with Gasteiger partial charge in [0, 0.05) is 40.9 Å². The van der Waals surface area contributed by atoms with E-state index >= 15 is 0 Å². The molecule has 2 bridgehead atoms. The maximum atomic E-state index is 13.0. The fourth-order valence-electron chi connectivity index (χ4n) is 6.27. The molecule has 1 unspecified atom stereocenters. The Morgan fingerprint density at radius 2 is 1.69 bits per heavy atom. The van der Waals surface area contributed by atoms with E-state index in [1.807, 2.05) is 47.4 Å². The minimum atomic E-state index is -1.42. The summed E-state index contributed by atoms with van der Waals surface area (Å²) in [4.78, 5) is 37.4. The molecule has 39 heavy (non-hydrogen) atoms. The number of fused-ring (bicyclic) bond motifs is 3. The van der Waals surface area contributed by atoms with E-state index in [-0.39, 0.29) is 35.5 Å². The first-order chi connectivity index (χ1) is 18.6. The molecule has 2 fully saturated rings. The number of amides is 1. The molecule has 0 radical (unpaired) electrons. The van der Waals surface area contributed by atoms with Crippen LogP contribution >= 0.6 is 0 Å². The molecule has 0 saturated carbocycles. The Labute approximate surface area is 226 Å². The van der Waals surface area contributed by atoms with E-state index in [9.17, 15) is 14.7 Å². The van der Waals surface area contributed by atoms with E-state index in [1.54, 1.807) is 12.4 Å². The molecule has 2 saturated heterocycles. The van der Waals surface area contributed by atoms with Gasteiger partial charge in [-0.3, -0.25) is 14.6 Å². The molecule has 6 rings (SSSR count). The summed E-state index contributed by atoms with van der Waals surface area (Å²) >= 11 is 0. The van der Waals surface area contributed by atoms with Crippen molar-refractivity contribution >= 4 is 23.2 Å². The standard InChI is InChI=1S/C30H32N6O3/c1-17(37)25-26(20-13-21-10-11-22(14-20)35(21)29(38)30(2,3)39)34-28-23(16-33-36(28)27(25)31)19-9-12-24(32-15-19)18-7-5-4-6-8-18/h4-9,12,15-16,20-22,39H,10-11,13-14,31H2,1-3H3/t20?,21-,22+. The van der Waals surface area contributed by atoms with E-state index in [4.69, 9.17) is 10.7 Å². The van der Waals surface area contributed by atoms with E-state index in [1.165, 1.54) is 25.3 Å². The lowest BCUT2D eigenvalue weighted by Gasteiger charge is -2.41. The van der Waals surface area contributed by atoms with E-state index < -0.39 is 5.60 Å². The van der Waals surface area contributed by atoms with Crippen LogP contribution in [0.3, 0.4) is 0 Å². The number of anilines is 1. The van der Waals surface area contributed by atoms with Gasteiger partial charge in [-0.05, 0) is 52.5 Å². The van der Waals surface area contributed by atoms with Gasteiger partial charge in [0.25, 0.3) is 5.91 Å². The predicted octanol–water partition coefficient (Wildman–Crippen LogP) is 4.25. The van der Waals surface area contributed by atoms with Crippen molar-refractivity contribution in [2.24, 2.45) is 0 Å². The Kier molecular flexibility index (Phi) is 5.99. The molecule has 3 atom stereocenters. The number of ketones is 1. The molecule has 1 aromatic carbocycles. The number of carbonyl (C=O) groups excluding carboxylic acids is 2. The summed E-state index contributed by atoms with van der Waals surface area (Å²) in [6.45, 7) is 4.57. The Balaban J connectivity index is 1.39. The van der Waals surface area contributed by atoms with Gasteiger partial charge >= 0.3 is 0 Å². The first-order valence-electron chi connectivity index (χ1n) is 13.4. The Morgan fingerprint density at radius 1 is 1.00 bits per heavy atom. The Morgan fingerprint density at radius 3 is 2.28 bits per heavy atom. The highest BCUT2D eigenvalue weighted by Crippen LogP contribution is 2.45. The highest BCUT2D eigenvalue weighted by atomic mass is 16.3. The first kappa shape index (κ1) is 25.2. The van der Waals surface area contributed by atoms with Crippen LogP contribution in [0, 0.1) is 0 Å². The quantitative estimate of drug-likeness (QED) is 0.374. The van der Waals surface area contributed by atoms with Crippen LogP contribution in [0.1, 0.15) is 68.4 Å². The van der Waals surface area contributed by atoms with Crippen LogP contribution < -0.4 is 5.73 Å². The third-order valence-electron chi connectivity index (χ3n) is 8.08. The number of Topliss-reactive ketones (excluding diaryl/α,β-unsaturated/α-hetero) is 1. The second-order valence-corrected chi connectivity index (χ2v) is 11.2. The van der Waals surface area contributed by atoms with E-state index in [0.29, 0.717) is 29.7 Å².